The third kappa shape index (κ3) is 1.86. The summed E-state index contributed by atoms with van der Waals surface area (Å²) < 4.78 is 1.24. The Balaban J connectivity index is 2.58. The molecule has 2 aromatic rings. The number of aromatic nitrogens is 2. The number of rotatable bonds is 1. The van der Waals surface area contributed by atoms with Crippen molar-refractivity contribution in [2.75, 3.05) is 11.6 Å². The molecule has 1 heterocycles. The fourth-order valence-electron chi connectivity index (χ4n) is 1.28. The van der Waals surface area contributed by atoms with E-state index < -0.39 is 0 Å². The van der Waals surface area contributed by atoms with Gasteiger partial charge in [-0.1, -0.05) is 23.2 Å². The van der Waals surface area contributed by atoms with Gasteiger partial charge in [0, 0.05) is 15.6 Å². The average Bonchev–Trinajstić information content (AvgIpc) is 2.46. The van der Waals surface area contributed by atoms with Crippen molar-refractivity contribution in [3.63, 3.8) is 0 Å². The fraction of sp³-hybridized carbons (Fsp3) is 0. The van der Waals surface area contributed by atoms with E-state index in [9.17, 15) is 0 Å². The molecule has 78 valence electrons. The summed E-state index contributed by atoms with van der Waals surface area (Å²) in [7, 11) is 0. The van der Waals surface area contributed by atoms with Crippen LogP contribution in [0.5, 0.6) is 0 Å². The van der Waals surface area contributed by atoms with Gasteiger partial charge in [0.1, 0.15) is 17.8 Å². The van der Waals surface area contributed by atoms with Gasteiger partial charge in [-0.25, -0.2) is 9.66 Å². The molecule has 0 amide bonds. The van der Waals surface area contributed by atoms with E-state index in [2.05, 4.69) is 4.98 Å². The van der Waals surface area contributed by atoms with Crippen molar-refractivity contribution >= 4 is 29.0 Å². The number of imidazole rings is 1. The number of halogens is 2. The minimum absolute atomic E-state index is 0.369. The highest BCUT2D eigenvalue weighted by Crippen LogP contribution is 2.28. The molecule has 0 aliphatic carbocycles. The SMILES string of the molecule is Nc1c(-c2cc(Cl)cc(Cl)c2)ncn1N. The van der Waals surface area contributed by atoms with Crippen molar-refractivity contribution in [3.05, 3.63) is 34.6 Å². The Morgan fingerprint density at radius 2 is 1.73 bits per heavy atom. The van der Waals surface area contributed by atoms with Crippen molar-refractivity contribution < 1.29 is 0 Å². The second kappa shape index (κ2) is 3.64. The highest BCUT2D eigenvalue weighted by Gasteiger charge is 2.09. The lowest BCUT2D eigenvalue weighted by atomic mass is 10.1. The lowest BCUT2D eigenvalue weighted by Gasteiger charge is -2.02. The van der Waals surface area contributed by atoms with Gasteiger partial charge < -0.3 is 11.6 Å². The van der Waals surface area contributed by atoms with Crippen molar-refractivity contribution in [2.45, 2.75) is 0 Å². The van der Waals surface area contributed by atoms with Gasteiger partial charge in [0.25, 0.3) is 0 Å². The van der Waals surface area contributed by atoms with Gasteiger partial charge in [0.05, 0.1) is 0 Å². The molecule has 0 aliphatic heterocycles. The molecule has 1 aromatic carbocycles. The predicted molar refractivity (Wildman–Crippen MR) is 62.2 cm³/mol. The molecule has 0 saturated heterocycles. The van der Waals surface area contributed by atoms with Crippen LogP contribution in [-0.4, -0.2) is 9.66 Å². The van der Waals surface area contributed by atoms with Crippen LogP contribution in [0.2, 0.25) is 10.0 Å². The second-order valence-electron chi connectivity index (χ2n) is 3.04. The molecule has 0 saturated carbocycles. The van der Waals surface area contributed by atoms with Crippen molar-refractivity contribution in [1.82, 2.24) is 9.66 Å². The molecule has 4 N–H and O–H groups in total. The van der Waals surface area contributed by atoms with Crippen molar-refractivity contribution in [1.29, 1.82) is 0 Å². The molecular formula is C9H8Cl2N4. The average molecular weight is 243 g/mol. The zero-order valence-corrected chi connectivity index (χ0v) is 9.13. The largest absolute Gasteiger partial charge is 0.382 e. The standard InChI is InChI=1S/C9H8Cl2N4/c10-6-1-5(2-7(11)3-6)8-9(12)15(13)4-14-8/h1-4H,12-13H2. The van der Waals surface area contributed by atoms with Crippen LogP contribution in [0.1, 0.15) is 0 Å². The van der Waals surface area contributed by atoms with E-state index in [1.807, 2.05) is 0 Å². The number of nitrogens with zero attached hydrogens (tertiary/aromatic N) is 2. The van der Waals surface area contributed by atoms with Gasteiger partial charge in [-0.3, -0.25) is 0 Å². The molecule has 0 unspecified atom stereocenters. The molecule has 1 aromatic heterocycles. The Labute approximate surface area is 96.4 Å². The maximum Gasteiger partial charge on any atom is 0.150 e. The zero-order chi connectivity index (χ0) is 11.0. The number of nitrogen functional groups attached to an aromatic ring is 2. The molecule has 4 nitrogen and oxygen atoms in total. The number of anilines is 1. The molecule has 0 spiro atoms. The van der Waals surface area contributed by atoms with E-state index in [0.717, 1.165) is 5.56 Å². The van der Waals surface area contributed by atoms with Gasteiger partial charge in [-0.2, -0.15) is 0 Å². The lowest BCUT2D eigenvalue weighted by Crippen LogP contribution is -2.09. The van der Waals surface area contributed by atoms with Crippen LogP contribution in [0.25, 0.3) is 11.3 Å². The van der Waals surface area contributed by atoms with E-state index in [-0.39, 0.29) is 0 Å². The van der Waals surface area contributed by atoms with Crippen molar-refractivity contribution in [2.24, 2.45) is 0 Å². The van der Waals surface area contributed by atoms with Gasteiger partial charge in [-0.05, 0) is 18.2 Å². The Bertz CT molecular complexity index is 487. The van der Waals surface area contributed by atoms with Gasteiger partial charge in [0.15, 0.2) is 0 Å². The van der Waals surface area contributed by atoms with Gasteiger partial charge in [0.2, 0.25) is 0 Å². The van der Waals surface area contributed by atoms with Crippen LogP contribution in [0.4, 0.5) is 5.82 Å². The van der Waals surface area contributed by atoms with Crippen LogP contribution < -0.4 is 11.6 Å². The fourth-order valence-corrected chi connectivity index (χ4v) is 1.81. The third-order valence-electron chi connectivity index (χ3n) is 1.97. The number of hydrogen-bond acceptors (Lipinski definition) is 3. The number of nitrogens with two attached hydrogens (primary N) is 2. The summed E-state index contributed by atoms with van der Waals surface area (Å²) >= 11 is 11.7. The number of hydrogen-bond donors (Lipinski definition) is 2. The first-order valence-corrected chi connectivity index (χ1v) is 4.88. The molecule has 0 bridgehead atoms. The Kier molecular flexibility index (Phi) is 2.46. The van der Waals surface area contributed by atoms with E-state index in [1.54, 1.807) is 18.2 Å². The smallest absolute Gasteiger partial charge is 0.150 e. The first kappa shape index (κ1) is 10.1. The Morgan fingerprint density at radius 1 is 1.13 bits per heavy atom. The van der Waals surface area contributed by atoms with E-state index in [1.165, 1.54) is 11.0 Å². The van der Waals surface area contributed by atoms with Crippen LogP contribution in [-0.2, 0) is 0 Å². The molecule has 2 rings (SSSR count). The molecule has 0 aliphatic rings. The van der Waals surface area contributed by atoms with Crippen LogP contribution in [0, 0.1) is 0 Å². The van der Waals surface area contributed by atoms with Gasteiger partial charge in [-0.15, -0.1) is 0 Å². The van der Waals surface area contributed by atoms with Gasteiger partial charge >= 0.3 is 0 Å². The molecule has 0 fully saturated rings. The minimum Gasteiger partial charge on any atom is -0.382 e. The Hall–Kier alpha value is -1.39. The molecule has 0 radical (unpaired) electrons. The highest BCUT2D eigenvalue weighted by molar-refractivity contribution is 6.35. The summed E-state index contributed by atoms with van der Waals surface area (Å²) in [5.74, 6) is 5.89. The quantitative estimate of drug-likeness (QED) is 0.754. The summed E-state index contributed by atoms with van der Waals surface area (Å²) in [5, 5.41) is 1.06. The summed E-state index contributed by atoms with van der Waals surface area (Å²) in [6, 6.07) is 5.10. The molecule has 15 heavy (non-hydrogen) atoms. The third-order valence-corrected chi connectivity index (χ3v) is 2.40. The monoisotopic (exact) mass is 242 g/mol. The maximum atomic E-state index is 5.87. The maximum absolute atomic E-state index is 5.87. The first-order chi connectivity index (χ1) is 7.08. The van der Waals surface area contributed by atoms with E-state index >= 15 is 0 Å². The molecule has 0 atom stereocenters. The van der Waals surface area contributed by atoms with Crippen molar-refractivity contribution in [3.8, 4) is 11.3 Å². The lowest BCUT2D eigenvalue weighted by molar-refractivity contribution is 1.01. The zero-order valence-electron chi connectivity index (χ0n) is 7.61. The Morgan fingerprint density at radius 3 is 2.20 bits per heavy atom. The minimum atomic E-state index is 0.369. The predicted octanol–water partition coefficient (Wildman–Crippen LogP) is 2.15. The van der Waals surface area contributed by atoms with E-state index in [0.29, 0.717) is 21.6 Å². The molecule has 6 heteroatoms. The summed E-state index contributed by atoms with van der Waals surface area (Å²) in [6.45, 7) is 0. The first-order valence-electron chi connectivity index (χ1n) is 4.12. The summed E-state index contributed by atoms with van der Waals surface area (Å²) in [4.78, 5) is 4.06. The normalized spacial score (nSPS) is 10.5. The van der Waals surface area contributed by atoms with Crippen LogP contribution in [0.15, 0.2) is 24.5 Å². The summed E-state index contributed by atoms with van der Waals surface area (Å²) in [6.07, 6.45) is 1.43. The van der Waals surface area contributed by atoms with E-state index in [4.69, 9.17) is 34.8 Å². The second-order valence-corrected chi connectivity index (χ2v) is 3.92. The molecular weight excluding hydrogens is 235 g/mol. The van der Waals surface area contributed by atoms with Crippen LogP contribution in [0.3, 0.4) is 0 Å². The highest BCUT2D eigenvalue weighted by atomic mass is 35.5. The summed E-state index contributed by atoms with van der Waals surface area (Å²) in [5.41, 5.74) is 7.04. The number of benzene rings is 1. The van der Waals surface area contributed by atoms with Crippen LogP contribution >= 0.6 is 23.2 Å². The topological polar surface area (TPSA) is 69.9 Å².